The summed E-state index contributed by atoms with van der Waals surface area (Å²) in [4.78, 5) is 35.6. The van der Waals surface area contributed by atoms with Gasteiger partial charge in [-0.3, -0.25) is 9.59 Å². The minimum atomic E-state index is -1.74. The van der Waals surface area contributed by atoms with Crippen LogP contribution in [0.3, 0.4) is 0 Å². The van der Waals surface area contributed by atoms with E-state index in [4.69, 9.17) is 4.74 Å². The quantitative estimate of drug-likeness (QED) is 0.536. The molecule has 27 heavy (non-hydrogen) atoms. The molecule has 0 saturated carbocycles. The molecule has 0 saturated heterocycles. The number of nitrogens with zero attached hydrogens (tertiary/aromatic N) is 1. The predicted octanol–water partition coefficient (Wildman–Crippen LogP) is 2.14. The van der Waals surface area contributed by atoms with E-state index in [1.807, 2.05) is 5.32 Å². The molecule has 0 aliphatic rings. The zero-order valence-electron chi connectivity index (χ0n) is 13.4. The van der Waals surface area contributed by atoms with Gasteiger partial charge in [-0.2, -0.15) is 5.10 Å². The summed E-state index contributed by atoms with van der Waals surface area (Å²) >= 11 is 0. The van der Waals surface area contributed by atoms with Crippen molar-refractivity contribution in [1.29, 1.82) is 0 Å². The van der Waals surface area contributed by atoms with E-state index in [0.29, 0.717) is 6.07 Å². The molecule has 3 rings (SSSR count). The van der Waals surface area contributed by atoms with Crippen LogP contribution in [0.4, 0.5) is 18.9 Å². The van der Waals surface area contributed by atoms with Crippen molar-refractivity contribution >= 4 is 28.3 Å². The first-order chi connectivity index (χ1) is 12.9. The van der Waals surface area contributed by atoms with Gasteiger partial charge < -0.3 is 10.1 Å². The number of benzene rings is 2. The number of halogens is 3. The Labute approximate surface area is 148 Å². The number of hydrogen-bond acceptors (Lipinski definition) is 5. The maximum atomic E-state index is 13.5. The Hall–Kier alpha value is -3.69. The van der Waals surface area contributed by atoms with Gasteiger partial charge in [0.25, 0.3) is 11.5 Å². The zero-order chi connectivity index (χ0) is 19.6. The highest BCUT2D eigenvalue weighted by Crippen LogP contribution is 2.19. The first-order valence-corrected chi connectivity index (χ1v) is 7.46. The van der Waals surface area contributed by atoms with Crippen molar-refractivity contribution in [3.8, 4) is 0 Å². The number of esters is 1. The molecule has 0 fully saturated rings. The summed E-state index contributed by atoms with van der Waals surface area (Å²) < 4.78 is 44.3. The molecule has 3 aromatic rings. The van der Waals surface area contributed by atoms with E-state index in [0.717, 1.165) is 6.07 Å². The number of nitrogens with one attached hydrogen (secondary N) is 2. The largest absolute Gasteiger partial charge is 0.451 e. The maximum absolute atomic E-state index is 13.5. The fourth-order valence-corrected chi connectivity index (χ4v) is 2.28. The normalized spacial score (nSPS) is 10.6. The van der Waals surface area contributed by atoms with Crippen LogP contribution in [0.5, 0.6) is 0 Å². The van der Waals surface area contributed by atoms with Crippen LogP contribution >= 0.6 is 0 Å². The van der Waals surface area contributed by atoms with E-state index in [1.165, 1.54) is 12.1 Å². The van der Waals surface area contributed by atoms with Gasteiger partial charge in [0.2, 0.25) is 0 Å². The first-order valence-electron chi connectivity index (χ1n) is 7.46. The summed E-state index contributed by atoms with van der Waals surface area (Å²) in [6.07, 6.45) is 0. The number of fused-ring (bicyclic) bond motifs is 1. The molecule has 0 spiro atoms. The van der Waals surface area contributed by atoms with Crippen molar-refractivity contribution in [3.63, 3.8) is 0 Å². The lowest BCUT2D eigenvalue weighted by Crippen LogP contribution is -2.23. The minimum absolute atomic E-state index is 0.202. The van der Waals surface area contributed by atoms with E-state index in [9.17, 15) is 27.6 Å². The van der Waals surface area contributed by atoms with Crippen molar-refractivity contribution in [2.45, 2.75) is 0 Å². The molecule has 0 aliphatic heterocycles. The van der Waals surface area contributed by atoms with Crippen LogP contribution in [-0.4, -0.2) is 28.7 Å². The zero-order valence-corrected chi connectivity index (χ0v) is 13.4. The van der Waals surface area contributed by atoms with Gasteiger partial charge in [0.05, 0.1) is 11.1 Å². The molecular formula is C17H10F3N3O4. The highest BCUT2D eigenvalue weighted by atomic mass is 19.2. The van der Waals surface area contributed by atoms with Crippen LogP contribution in [0.2, 0.25) is 0 Å². The van der Waals surface area contributed by atoms with Crippen molar-refractivity contribution in [2.24, 2.45) is 0 Å². The smallest absolute Gasteiger partial charge is 0.359 e. The summed E-state index contributed by atoms with van der Waals surface area (Å²) in [6.45, 7) is -0.841. The molecule has 1 aromatic heterocycles. The second kappa shape index (κ2) is 7.28. The Balaban J connectivity index is 1.71. The van der Waals surface area contributed by atoms with Crippen LogP contribution in [0.25, 0.3) is 10.8 Å². The molecule has 0 aliphatic carbocycles. The number of aromatic nitrogens is 2. The van der Waals surface area contributed by atoms with Crippen LogP contribution in [0, 0.1) is 17.5 Å². The average Bonchev–Trinajstić information content (AvgIpc) is 2.67. The number of amides is 1. The lowest BCUT2D eigenvalue weighted by molar-refractivity contribution is -0.119. The molecule has 0 bridgehead atoms. The van der Waals surface area contributed by atoms with Crippen molar-refractivity contribution < 1.29 is 27.5 Å². The van der Waals surface area contributed by atoms with Crippen molar-refractivity contribution in [1.82, 2.24) is 10.2 Å². The second-order valence-electron chi connectivity index (χ2n) is 5.29. The summed E-state index contributed by atoms with van der Waals surface area (Å²) in [5.41, 5.74) is -1.34. The molecule has 138 valence electrons. The van der Waals surface area contributed by atoms with E-state index < -0.39 is 47.2 Å². The fourth-order valence-electron chi connectivity index (χ4n) is 2.28. The Morgan fingerprint density at radius 2 is 1.74 bits per heavy atom. The number of anilines is 1. The number of carbonyl (C=O) groups excluding carboxylic acids is 2. The maximum Gasteiger partial charge on any atom is 0.359 e. The van der Waals surface area contributed by atoms with Crippen LogP contribution in [0.15, 0.2) is 41.2 Å². The lowest BCUT2D eigenvalue weighted by atomic mass is 10.1. The molecule has 2 N–H and O–H groups in total. The average molecular weight is 377 g/mol. The number of rotatable bonds is 4. The van der Waals surface area contributed by atoms with Crippen molar-refractivity contribution in [3.05, 3.63) is 69.9 Å². The third-order valence-corrected chi connectivity index (χ3v) is 3.53. The first kappa shape index (κ1) is 18.1. The van der Waals surface area contributed by atoms with Gasteiger partial charge in [0, 0.05) is 5.39 Å². The van der Waals surface area contributed by atoms with E-state index in [1.54, 1.807) is 12.1 Å². The van der Waals surface area contributed by atoms with Crippen LogP contribution in [0.1, 0.15) is 10.5 Å². The number of aromatic amines is 1. The van der Waals surface area contributed by atoms with E-state index in [-0.39, 0.29) is 16.5 Å². The molecule has 1 amide bonds. The van der Waals surface area contributed by atoms with Gasteiger partial charge in [0.15, 0.2) is 29.8 Å². The third kappa shape index (κ3) is 3.64. The Morgan fingerprint density at radius 3 is 2.48 bits per heavy atom. The Morgan fingerprint density at radius 1 is 1.04 bits per heavy atom. The molecule has 10 heteroatoms. The summed E-state index contributed by atoms with van der Waals surface area (Å²) in [5.74, 6) is -6.73. The summed E-state index contributed by atoms with van der Waals surface area (Å²) in [7, 11) is 0. The summed E-state index contributed by atoms with van der Waals surface area (Å²) in [5, 5.41) is 8.12. The minimum Gasteiger partial charge on any atom is -0.451 e. The summed E-state index contributed by atoms with van der Waals surface area (Å²) in [6, 6.07) is 7.59. The molecule has 0 radical (unpaired) electrons. The highest BCUT2D eigenvalue weighted by molar-refractivity contribution is 6.03. The van der Waals surface area contributed by atoms with Crippen LogP contribution in [-0.2, 0) is 9.53 Å². The molecule has 0 atom stereocenters. The SMILES string of the molecule is O=C(COC(=O)c1n[nH]c(=O)c2ccccc12)Nc1ccc(F)c(F)c1F. The molecule has 7 nitrogen and oxygen atoms in total. The number of hydrogen-bond donors (Lipinski definition) is 2. The Kier molecular flexibility index (Phi) is 4.88. The predicted molar refractivity (Wildman–Crippen MR) is 87.6 cm³/mol. The highest BCUT2D eigenvalue weighted by Gasteiger charge is 2.19. The number of carbonyl (C=O) groups is 2. The van der Waals surface area contributed by atoms with Gasteiger partial charge in [-0.15, -0.1) is 0 Å². The van der Waals surface area contributed by atoms with Gasteiger partial charge >= 0.3 is 5.97 Å². The van der Waals surface area contributed by atoms with Gasteiger partial charge in [-0.05, 0) is 18.2 Å². The standard InChI is InChI=1S/C17H10F3N3O4/c18-10-5-6-11(14(20)13(10)19)21-12(24)7-27-17(26)15-8-3-1-2-4-9(8)16(25)23-22-15/h1-6H,7H2,(H,21,24)(H,23,25). The molecule has 2 aromatic carbocycles. The van der Waals surface area contributed by atoms with Crippen molar-refractivity contribution in [2.75, 3.05) is 11.9 Å². The van der Waals surface area contributed by atoms with Gasteiger partial charge in [0.1, 0.15) is 0 Å². The van der Waals surface area contributed by atoms with Gasteiger partial charge in [-0.1, -0.05) is 18.2 Å². The molecule has 0 unspecified atom stereocenters. The molecular weight excluding hydrogens is 367 g/mol. The topological polar surface area (TPSA) is 101 Å². The molecule has 1 heterocycles. The number of ether oxygens (including phenoxy) is 1. The van der Waals surface area contributed by atoms with Crippen LogP contribution < -0.4 is 10.9 Å². The van der Waals surface area contributed by atoms with E-state index >= 15 is 0 Å². The van der Waals surface area contributed by atoms with E-state index in [2.05, 4.69) is 10.2 Å². The Bertz CT molecular complexity index is 1110. The lowest BCUT2D eigenvalue weighted by Gasteiger charge is -2.08. The fraction of sp³-hybridized carbons (Fsp3) is 0.0588. The monoisotopic (exact) mass is 377 g/mol. The van der Waals surface area contributed by atoms with Gasteiger partial charge in [-0.25, -0.2) is 23.1 Å². The second-order valence-corrected chi connectivity index (χ2v) is 5.29. The third-order valence-electron chi connectivity index (χ3n) is 3.53. The number of H-pyrrole nitrogens is 1.